The number of rotatable bonds is 2. The van der Waals surface area contributed by atoms with Crippen molar-refractivity contribution in [2.45, 2.75) is 9.77 Å². The number of nitrogens with two attached hydrogens (primary N) is 1. The number of hydrogen-bond donors (Lipinski definition) is 2. The van der Waals surface area contributed by atoms with Crippen LogP contribution in [-0.2, 0) is 4.87 Å². The number of benzene rings is 3. The molecule has 0 bridgehead atoms. The van der Waals surface area contributed by atoms with Gasteiger partial charge in [-0.3, -0.25) is 0 Å². The fourth-order valence-corrected chi connectivity index (χ4v) is 4.23. The van der Waals surface area contributed by atoms with Crippen LogP contribution in [0.15, 0.2) is 83.8 Å². The Balaban J connectivity index is 1.89. The summed E-state index contributed by atoms with van der Waals surface area (Å²) < 4.78 is 0. The van der Waals surface area contributed by atoms with Crippen molar-refractivity contribution in [3.63, 3.8) is 0 Å². The Morgan fingerprint density at radius 1 is 0.727 bits per heavy atom. The van der Waals surface area contributed by atoms with Gasteiger partial charge in [-0.1, -0.05) is 66.4 Å². The van der Waals surface area contributed by atoms with Crippen molar-refractivity contribution in [1.29, 1.82) is 0 Å². The summed E-state index contributed by atoms with van der Waals surface area (Å²) in [4.78, 5) is 0.960. The summed E-state index contributed by atoms with van der Waals surface area (Å²) in [6.45, 7) is 0. The molecule has 0 saturated heterocycles. The van der Waals surface area contributed by atoms with Crippen molar-refractivity contribution in [2.24, 2.45) is 0 Å². The molecule has 0 unspecified atom stereocenters. The minimum absolute atomic E-state index is 0.307. The summed E-state index contributed by atoms with van der Waals surface area (Å²) in [5, 5.41) is 3.72. The Hall–Kier alpha value is -2.39. The van der Waals surface area contributed by atoms with Crippen molar-refractivity contribution >= 4 is 23.1 Å². The quantitative estimate of drug-likeness (QED) is 0.675. The number of nitrogens with one attached hydrogen (secondary N) is 1. The van der Waals surface area contributed by atoms with Crippen LogP contribution in [0.25, 0.3) is 0 Å². The highest BCUT2D eigenvalue weighted by Gasteiger charge is 2.40. The lowest BCUT2D eigenvalue weighted by molar-refractivity contribution is 0.873. The maximum Gasteiger partial charge on any atom is 0.140 e. The maximum atomic E-state index is 5.86. The SMILES string of the molecule is Nc1ccc([C@]2(c3ccccc3)Nc3ccccc3S2)cc1. The van der Waals surface area contributed by atoms with E-state index in [2.05, 4.69) is 66.0 Å². The molecule has 0 saturated carbocycles. The first-order chi connectivity index (χ1) is 10.8. The second kappa shape index (κ2) is 5.11. The monoisotopic (exact) mass is 304 g/mol. The van der Waals surface area contributed by atoms with Crippen LogP contribution in [0.3, 0.4) is 0 Å². The van der Waals surface area contributed by atoms with Crippen LogP contribution in [0.2, 0.25) is 0 Å². The molecule has 2 nitrogen and oxygen atoms in total. The Labute approximate surface area is 134 Å². The van der Waals surface area contributed by atoms with Gasteiger partial charge in [0.25, 0.3) is 0 Å². The zero-order valence-electron chi connectivity index (χ0n) is 12.0. The van der Waals surface area contributed by atoms with Crippen LogP contribution in [0.4, 0.5) is 11.4 Å². The van der Waals surface area contributed by atoms with E-state index in [1.54, 1.807) is 0 Å². The molecule has 22 heavy (non-hydrogen) atoms. The lowest BCUT2D eigenvalue weighted by Gasteiger charge is -2.30. The third-order valence-electron chi connectivity index (χ3n) is 3.96. The normalized spacial score (nSPS) is 19.5. The molecule has 0 spiro atoms. The molecule has 3 aromatic rings. The van der Waals surface area contributed by atoms with Gasteiger partial charge in [0.2, 0.25) is 0 Å². The number of hydrogen-bond acceptors (Lipinski definition) is 3. The summed E-state index contributed by atoms with van der Waals surface area (Å²) in [7, 11) is 0. The minimum Gasteiger partial charge on any atom is -0.399 e. The Morgan fingerprint density at radius 3 is 2.09 bits per heavy atom. The van der Waals surface area contributed by atoms with Crippen LogP contribution in [-0.4, -0.2) is 0 Å². The van der Waals surface area contributed by atoms with Crippen molar-refractivity contribution < 1.29 is 0 Å². The highest BCUT2D eigenvalue weighted by molar-refractivity contribution is 8.01. The fourth-order valence-electron chi connectivity index (χ4n) is 2.86. The Kier molecular flexibility index (Phi) is 3.09. The van der Waals surface area contributed by atoms with E-state index in [-0.39, 0.29) is 4.87 Å². The van der Waals surface area contributed by atoms with E-state index in [1.165, 1.54) is 21.7 Å². The molecule has 3 N–H and O–H groups in total. The standard InChI is InChI=1S/C19H16N2S/c20-16-12-10-15(11-13-16)19(14-6-2-1-3-7-14)21-17-8-4-5-9-18(17)22-19/h1-13,21H,20H2/t19-/m1/s1. The van der Waals surface area contributed by atoms with Crippen molar-refractivity contribution in [3.8, 4) is 0 Å². The zero-order chi connectivity index (χ0) is 15.0. The summed E-state index contributed by atoms with van der Waals surface area (Å²) >= 11 is 1.84. The second-order valence-corrected chi connectivity index (χ2v) is 6.65. The highest BCUT2D eigenvalue weighted by atomic mass is 32.2. The Morgan fingerprint density at radius 2 is 1.36 bits per heavy atom. The average Bonchev–Trinajstić information content (AvgIpc) is 2.97. The molecule has 1 aliphatic rings. The van der Waals surface area contributed by atoms with Gasteiger partial charge in [0.05, 0.1) is 0 Å². The lowest BCUT2D eigenvalue weighted by atomic mass is 9.97. The van der Waals surface area contributed by atoms with Gasteiger partial charge in [-0.2, -0.15) is 0 Å². The number of para-hydroxylation sites is 1. The lowest BCUT2D eigenvalue weighted by Crippen LogP contribution is -2.29. The smallest absolute Gasteiger partial charge is 0.140 e. The number of anilines is 2. The molecule has 1 aliphatic heterocycles. The van der Waals surface area contributed by atoms with Crippen molar-refractivity contribution in [1.82, 2.24) is 0 Å². The Bertz CT molecular complexity index is 772. The van der Waals surface area contributed by atoms with E-state index >= 15 is 0 Å². The van der Waals surface area contributed by atoms with Gasteiger partial charge < -0.3 is 11.1 Å². The first kappa shape index (κ1) is 13.3. The van der Waals surface area contributed by atoms with Gasteiger partial charge in [0.15, 0.2) is 0 Å². The number of thioether (sulfide) groups is 1. The van der Waals surface area contributed by atoms with Gasteiger partial charge in [-0.05, 0) is 35.4 Å². The molecular weight excluding hydrogens is 288 g/mol. The van der Waals surface area contributed by atoms with Crippen LogP contribution in [0, 0.1) is 0 Å². The molecule has 4 rings (SSSR count). The molecule has 0 fully saturated rings. The van der Waals surface area contributed by atoms with Crippen molar-refractivity contribution in [2.75, 3.05) is 11.1 Å². The van der Waals surface area contributed by atoms with Crippen LogP contribution in [0.5, 0.6) is 0 Å². The van der Waals surface area contributed by atoms with E-state index in [1.807, 2.05) is 30.0 Å². The third kappa shape index (κ3) is 2.06. The van der Waals surface area contributed by atoms with Gasteiger partial charge >= 0.3 is 0 Å². The zero-order valence-corrected chi connectivity index (χ0v) is 12.8. The predicted molar refractivity (Wildman–Crippen MR) is 94.0 cm³/mol. The number of fused-ring (bicyclic) bond motifs is 1. The molecule has 0 aliphatic carbocycles. The van der Waals surface area contributed by atoms with Crippen molar-refractivity contribution in [3.05, 3.63) is 90.0 Å². The van der Waals surface area contributed by atoms with Gasteiger partial charge in [0, 0.05) is 16.3 Å². The summed E-state index contributed by atoms with van der Waals surface area (Å²) in [6.07, 6.45) is 0. The topological polar surface area (TPSA) is 38.0 Å². The van der Waals surface area contributed by atoms with Gasteiger partial charge in [0.1, 0.15) is 4.87 Å². The molecule has 108 valence electrons. The molecule has 3 heteroatoms. The molecule has 1 heterocycles. The second-order valence-electron chi connectivity index (χ2n) is 5.39. The minimum atomic E-state index is -0.307. The summed E-state index contributed by atoms with van der Waals surface area (Å²) in [6, 6.07) is 27.1. The fraction of sp³-hybridized carbons (Fsp3) is 0.0526. The van der Waals surface area contributed by atoms with Crippen LogP contribution >= 0.6 is 11.8 Å². The molecule has 0 radical (unpaired) electrons. The average molecular weight is 304 g/mol. The van der Waals surface area contributed by atoms with E-state index in [9.17, 15) is 0 Å². The molecular formula is C19H16N2S. The van der Waals surface area contributed by atoms with Crippen LogP contribution < -0.4 is 11.1 Å². The summed E-state index contributed by atoms with van der Waals surface area (Å²) in [5.74, 6) is 0. The largest absolute Gasteiger partial charge is 0.399 e. The number of nitrogen functional groups attached to an aromatic ring is 1. The molecule has 3 aromatic carbocycles. The maximum absolute atomic E-state index is 5.86. The van der Waals surface area contributed by atoms with E-state index in [4.69, 9.17) is 5.73 Å². The van der Waals surface area contributed by atoms with Crippen LogP contribution in [0.1, 0.15) is 11.1 Å². The highest BCUT2D eigenvalue weighted by Crippen LogP contribution is 2.54. The van der Waals surface area contributed by atoms with Gasteiger partial charge in [-0.15, -0.1) is 0 Å². The first-order valence-electron chi connectivity index (χ1n) is 7.26. The first-order valence-corrected chi connectivity index (χ1v) is 8.07. The third-order valence-corrected chi connectivity index (χ3v) is 5.41. The van der Waals surface area contributed by atoms with Gasteiger partial charge in [-0.25, -0.2) is 0 Å². The van der Waals surface area contributed by atoms with E-state index < -0.39 is 0 Å². The summed E-state index contributed by atoms with van der Waals surface area (Å²) in [5.41, 5.74) is 10.3. The molecule has 0 aromatic heterocycles. The molecule has 0 amide bonds. The van der Waals surface area contributed by atoms with E-state index in [0.717, 1.165) is 5.69 Å². The van der Waals surface area contributed by atoms with E-state index in [0.29, 0.717) is 0 Å². The molecule has 1 atom stereocenters. The predicted octanol–water partition coefficient (Wildman–Crippen LogP) is 4.69.